The Balaban J connectivity index is 1.32. The molecule has 6 heteroatoms. The van der Waals surface area contributed by atoms with E-state index in [2.05, 4.69) is 45.5 Å². The van der Waals surface area contributed by atoms with Crippen LogP contribution in [-0.4, -0.2) is 37.4 Å². The molecular formula is C21H25N5O. The van der Waals surface area contributed by atoms with Crippen molar-refractivity contribution >= 4 is 0 Å². The highest BCUT2D eigenvalue weighted by molar-refractivity contribution is 5.24. The van der Waals surface area contributed by atoms with Crippen LogP contribution in [0.25, 0.3) is 0 Å². The van der Waals surface area contributed by atoms with Gasteiger partial charge in [0.25, 0.3) is 0 Å². The van der Waals surface area contributed by atoms with Gasteiger partial charge in [-0.15, -0.1) is 0 Å². The first kappa shape index (κ1) is 16.7. The summed E-state index contributed by atoms with van der Waals surface area (Å²) in [6, 6.07) is 11.9. The molecule has 0 saturated carbocycles. The summed E-state index contributed by atoms with van der Waals surface area (Å²) < 4.78 is 7.41. The van der Waals surface area contributed by atoms with Crippen molar-refractivity contribution in [2.45, 2.75) is 50.1 Å². The molecule has 140 valence electrons. The number of fused-ring (bicyclic) bond motifs is 1. The molecule has 1 aromatic carbocycles. The monoisotopic (exact) mass is 363 g/mol. The summed E-state index contributed by atoms with van der Waals surface area (Å²) in [6.45, 7) is 1.17. The molecule has 27 heavy (non-hydrogen) atoms. The maximum absolute atomic E-state index is 5.59. The van der Waals surface area contributed by atoms with Crippen LogP contribution in [0.4, 0.5) is 0 Å². The van der Waals surface area contributed by atoms with Gasteiger partial charge >= 0.3 is 0 Å². The fourth-order valence-corrected chi connectivity index (χ4v) is 4.82. The molecule has 2 aliphatic heterocycles. The Hall–Kier alpha value is -2.47. The van der Waals surface area contributed by atoms with Crippen LogP contribution < -0.4 is 0 Å². The fourth-order valence-electron chi connectivity index (χ4n) is 4.82. The van der Waals surface area contributed by atoms with Gasteiger partial charge in [-0.2, -0.15) is 10.1 Å². The molecule has 2 saturated heterocycles. The highest BCUT2D eigenvalue weighted by Crippen LogP contribution is 2.48. The highest BCUT2D eigenvalue weighted by atomic mass is 16.5. The first-order valence-corrected chi connectivity index (χ1v) is 9.88. The van der Waals surface area contributed by atoms with E-state index in [0.717, 1.165) is 31.0 Å². The molecule has 2 unspecified atom stereocenters. The maximum Gasteiger partial charge on any atom is 0.226 e. The van der Waals surface area contributed by atoms with Gasteiger partial charge in [0.2, 0.25) is 5.89 Å². The van der Waals surface area contributed by atoms with Crippen LogP contribution in [0.2, 0.25) is 0 Å². The topological polar surface area (TPSA) is 60.0 Å². The molecule has 3 aromatic rings. The van der Waals surface area contributed by atoms with Crippen molar-refractivity contribution in [2.75, 3.05) is 6.54 Å². The zero-order valence-corrected chi connectivity index (χ0v) is 15.7. The van der Waals surface area contributed by atoms with Crippen LogP contribution in [0.15, 0.2) is 47.2 Å². The van der Waals surface area contributed by atoms with Gasteiger partial charge in [0, 0.05) is 37.7 Å². The zero-order valence-electron chi connectivity index (χ0n) is 15.7. The number of aromatic nitrogens is 4. The molecule has 3 atom stereocenters. The van der Waals surface area contributed by atoms with E-state index in [4.69, 9.17) is 9.51 Å². The van der Waals surface area contributed by atoms with E-state index in [1.807, 2.05) is 24.1 Å². The summed E-state index contributed by atoms with van der Waals surface area (Å²) in [4.78, 5) is 7.43. The van der Waals surface area contributed by atoms with Crippen LogP contribution in [-0.2, 0) is 19.9 Å². The summed E-state index contributed by atoms with van der Waals surface area (Å²) in [5.41, 5.74) is 2.61. The molecule has 2 aromatic heterocycles. The lowest BCUT2D eigenvalue weighted by Gasteiger charge is -2.24. The second kappa shape index (κ2) is 6.93. The Morgan fingerprint density at radius 1 is 1.19 bits per heavy atom. The molecule has 6 nitrogen and oxygen atoms in total. The van der Waals surface area contributed by atoms with Crippen LogP contribution >= 0.6 is 0 Å². The molecule has 5 rings (SSSR count). The SMILES string of the molecule is Cn1cc(CCc2nc(C3CC(c4ccccc4)N4CCC[C@@H]34)no2)cn1. The summed E-state index contributed by atoms with van der Waals surface area (Å²) in [5, 5.41) is 8.59. The highest BCUT2D eigenvalue weighted by Gasteiger charge is 2.46. The average Bonchev–Trinajstić information content (AvgIpc) is 3.45. The van der Waals surface area contributed by atoms with E-state index in [1.165, 1.54) is 30.5 Å². The van der Waals surface area contributed by atoms with Gasteiger partial charge in [-0.05, 0) is 43.4 Å². The molecule has 2 fully saturated rings. The molecule has 0 N–H and O–H groups in total. The molecule has 0 radical (unpaired) electrons. The fraction of sp³-hybridized carbons (Fsp3) is 0.476. The van der Waals surface area contributed by atoms with Crippen molar-refractivity contribution < 1.29 is 4.52 Å². The summed E-state index contributed by atoms with van der Waals surface area (Å²) >= 11 is 0. The first-order chi connectivity index (χ1) is 13.3. The van der Waals surface area contributed by atoms with Crippen molar-refractivity contribution in [3.05, 3.63) is 65.6 Å². The van der Waals surface area contributed by atoms with E-state index in [1.54, 1.807) is 0 Å². The van der Waals surface area contributed by atoms with Gasteiger partial charge in [-0.25, -0.2) is 0 Å². The minimum absolute atomic E-state index is 0.369. The van der Waals surface area contributed by atoms with Crippen LogP contribution in [0, 0.1) is 0 Å². The number of hydrogen-bond donors (Lipinski definition) is 0. The zero-order chi connectivity index (χ0) is 18.2. The van der Waals surface area contributed by atoms with E-state index < -0.39 is 0 Å². The predicted octanol–water partition coefficient (Wildman–Crippen LogP) is 3.28. The quantitative estimate of drug-likeness (QED) is 0.696. The molecule has 2 aliphatic rings. The largest absolute Gasteiger partial charge is 0.339 e. The number of hydrogen-bond acceptors (Lipinski definition) is 5. The molecule has 0 aliphatic carbocycles. The normalized spacial score (nSPS) is 25.1. The lowest BCUT2D eigenvalue weighted by Crippen LogP contribution is -2.27. The Labute approximate surface area is 159 Å². The van der Waals surface area contributed by atoms with Gasteiger partial charge in [0.15, 0.2) is 5.82 Å². The Kier molecular flexibility index (Phi) is 4.28. The summed E-state index contributed by atoms with van der Waals surface area (Å²) in [7, 11) is 1.94. The minimum Gasteiger partial charge on any atom is -0.339 e. The van der Waals surface area contributed by atoms with E-state index in [0.29, 0.717) is 18.0 Å². The maximum atomic E-state index is 5.59. The van der Waals surface area contributed by atoms with Gasteiger partial charge < -0.3 is 4.52 Å². The van der Waals surface area contributed by atoms with Gasteiger partial charge in [-0.3, -0.25) is 9.58 Å². The van der Waals surface area contributed by atoms with Crippen molar-refractivity contribution in [2.24, 2.45) is 7.05 Å². The van der Waals surface area contributed by atoms with Crippen molar-refractivity contribution in [3.63, 3.8) is 0 Å². The summed E-state index contributed by atoms with van der Waals surface area (Å²) in [5.74, 6) is 2.00. The van der Waals surface area contributed by atoms with E-state index >= 15 is 0 Å². The summed E-state index contributed by atoms with van der Waals surface area (Å²) in [6.07, 6.45) is 9.15. The van der Waals surface area contributed by atoms with E-state index in [-0.39, 0.29) is 0 Å². The Bertz CT molecular complexity index is 902. The van der Waals surface area contributed by atoms with Crippen LogP contribution in [0.3, 0.4) is 0 Å². The Morgan fingerprint density at radius 3 is 2.89 bits per heavy atom. The first-order valence-electron chi connectivity index (χ1n) is 9.88. The molecular weight excluding hydrogens is 338 g/mol. The number of aryl methyl sites for hydroxylation is 3. The number of nitrogens with zero attached hydrogens (tertiary/aromatic N) is 5. The van der Waals surface area contributed by atoms with Crippen LogP contribution in [0.5, 0.6) is 0 Å². The molecule has 0 amide bonds. The van der Waals surface area contributed by atoms with Crippen LogP contribution in [0.1, 0.15) is 54.1 Å². The molecule has 4 heterocycles. The number of rotatable bonds is 5. The average molecular weight is 363 g/mol. The van der Waals surface area contributed by atoms with Gasteiger partial charge in [-0.1, -0.05) is 35.5 Å². The third-order valence-corrected chi connectivity index (χ3v) is 6.07. The lowest BCUT2D eigenvalue weighted by molar-refractivity contribution is 0.243. The predicted molar refractivity (Wildman–Crippen MR) is 101 cm³/mol. The smallest absolute Gasteiger partial charge is 0.226 e. The van der Waals surface area contributed by atoms with Crippen molar-refractivity contribution in [1.29, 1.82) is 0 Å². The minimum atomic E-state index is 0.369. The van der Waals surface area contributed by atoms with Crippen molar-refractivity contribution in [3.8, 4) is 0 Å². The van der Waals surface area contributed by atoms with E-state index in [9.17, 15) is 0 Å². The van der Waals surface area contributed by atoms with Gasteiger partial charge in [0.05, 0.1) is 6.20 Å². The second-order valence-electron chi connectivity index (χ2n) is 7.78. The standard InChI is InChI=1S/C21H25N5O/c1-25-14-15(13-22-25)9-10-20-23-21(24-27-20)17-12-19(16-6-3-2-4-7-16)26-11-5-8-18(17)26/h2-4,6-7,13-14,17-19H,5,8-12H2,1H3/t17?,18-,19?/m0/s1. The third kappa shape index (κ3) is 3.18. The third-order valence-electron chi connectivity index (χ3n) is 6.07. The van der Waals surface area contributed by atoms with Crippen molar-refractivity contribution in [1.82, 2.24) is 24.8 Å². The van der Waals surface area contributed by atoms with Gasteiger partial charge in [0.1, 0.15) is 0 Å². The molecule has 0 spiro atoms. The Morgan fingerprint density at radius 2 is 2.07 bits per heavy atom. The second-order valence-corrected chi connectivity index (χ2v) is 7.78. The molecule has 0 bridgehead atoms. The number of benzene rings is 1. The lowest BCUT2D eigenvalue weighted by atomic mass is 9.94.